The molecule has 4 heteroatoms. The van der Waals surface area contributed by atoms with E-state index in [4.69, 9.17) is 0 Å². The molecule has 0 heterocycles. The maximum absolute atomic E-state index is 11.8. The molecular formula is C12H21NO2S. The molecule has 3 nitrogen and oxygen atoms in total. The molecule has 2 aliphatic carbocycles. The van der Waals surface area contributed by atoms with Crippen LogP contribution in [0, 0.1) is 17.8 Å². The second-order valence-corrected chi connectivity index (χ2v) is 6.44. The van der Waals surface area contributed by atoms with Gasteiger partial charge in [0, 0.05) is 18.2 Å². The minimum atomic E-state index is -0.781. The Balaban J connectivity index is 1.71. The van der Waals surface area contributed by atoms with E-state index in [1.807, 2.05) is 6.26 Å². The third-order valence-electron chi connectivity index (χ3n) is 3.71. The van der Waals surface area contributed by atoms with E-state index in [1.54, 1.807) is 18.7 Å². The van der Waals surface area contributed by atoms with E-state index in [1.165, 1.54) is 6.42 Å². The smallest absolute Gasteiger partial charge is 0.223 e. The molecule has 0 saturated heterocycles. The first-order valence-corrected chi connectivity index (χ1v) is 7.40. The fraction of sp³-hybridized carbons (Fsp3) is 0.917. The predicted molar refractivity (Wildman–Crippen MR) is 66.3 cm³/mol. The van der Waals surface area contributed by atoms with Crippen molar-refractivity contribution in [3.05, 3.63) is 0 Å². The van der Waals surface area contributed by atoms with Crippen molar-refractivity contribution in [2.45, 2.75) is 31.8 Å². The number of hydrogen-bond donors (Lipinski definition) is 2. The van der Waals surface area contributed by atoms with E-state index in [0.29, 0.717) is 12.3 Å². The maximum atomic E-state index is 11.8. The molecule has 3 unspecified atom stereocenters. The van der Waals surface area contributed by atoms with Crippen molar-refractivity contribution < 1.29 is 9.90 Å². The molecule has 2 fully saturated rings. The quantitative estimate of drug-likeness (QED) is 0.764. The zero-order valence-corrected chi connectivity index (χ0v) is 10.8. The number of hydrogen-bond acceptors (Lipinski definition) is 3. The highest BCUT2D eigenvalue weighted by Gasteiger charge is 2.48. The summed E-state index contributed by atoms with van der Waals surface area (Å²) in [6, 6.07) is 0. The van der Waals surface area contributed by atoms with E-state index >= 15 is 0 Å². The number of rotatable bonds is 5. The van der Waals surface area contributed by atoms with Crippen molar-refractivity contribution in [1.82, 2.24) is 5.32 Å². The fourth-order valence-electron chi connectivity index (χ4n) is 2.71. The molecule has 92 valence electrons. The first kappa shape index (κ1) is 12.2. The fourth-order valence-corrected chi connectivity index (χ4v) is 3.44. The molecule has 2 rings (SSSR count). The average molecular weight is 243 g/mol. The summed E-state index contributed by atoms with van der Waals surface area (Å²) in [6.45, 7) is 2.15. The monoisotopic (exact) mass is 243 g/mol. The van der Waals surface area contributed by atoms with Crippen LogP contribution in [0.2, 0.25) is 0 Å². The van der Waals surface area contributed by atoms with Gasteiger partial charge >= 0.3 is 0 Å². The molecular weight excluding hydrogens is 222 g/mol. The Bertz CT molecular complexity index is 270. The SMILES string of the molecule is CSCC(C)(O)CNC(=O)C1CC2CC2C1. The lowest BCUT2D eigenvalue weighted by Gasteiger charge is -2.23. The molecule has 0 radical (unpaired) electrons. The molecule has 0 aromatic carbocycles. The molecule has 0 aliphatic heterocycles. The van der Waals surface area contributed by atoms with Crippen molar-refractivity contribution in [3.63, 3.8) is 0 Å². The van der Waals surface area contributed by atoms with Gasteiger partial charge < -0.3 is 10.4 Å². The minimum Gasteiger partial charge on any atom is -0.387 e. The zero-order valence-electron chi connectivity index (χ0n) is 10.0. The zero-order chi connectivity index (χ0) is 11.8. The summed E-state index contributed by atoms with van der Waals surface area (Å²) in [5.74, 6) is 2.69. The van der Waals surface area contributed by atoms with Crippen molar-refractivity contribution in [2.24, 2.45) is 17.8 Å². The van der Waals surface area contributed by atoms with E-state index in [-0.39, 0.29) is 11.8 Å². The summed E-state index contributed by atoms with van der Waals surface area (Å²) in [4.78, 5) is 11.8. The van der Waals surface area contributed by atoms with Gasteiger partial charge in [-0.05, 0) is 44.3 Å². The Labute approximate surface area is 101 Å². The highest BCUT2D eigenvalue weighted by molar-refractivity contribution is 7.98. The molecule has 2 aliphatic rings. The van der Waals surface area contributed by atoms with Gasteiger partial charge in [0.25, 0.3) is 0 Å². The Morgan fingerprint density at radius 3 is 2.62 bits per heavy atom. The molecule has 2 saturated carbocycles. The standard InChI is InChI=1S/C12H21NO2S/c1-12(15,7-16-2)6-13-11(14)10-4-8-3-9(8)5-10/h8-10,15H,3-7H2,1-2H3,(H,13,14). The summed E-state index contributed by atoms with van der Waals surface area (Å²) in [7, 11) is 0. The molecule has 16 heavy (non-hydrogen) atoms. The van der Waals surface area contributed by atoms with Crippen molar-refractivity contribution in [1.29, 1.82) is 0 Å². The van der Waals surface area contributed by atoms with Crippen LogP contribution in [0.25, 0.3) is 0 Å². The number of fused-ring (bicyclic) bond motifs is 1. The van der Waals surface area contributed by atoms with E-state index in [2.05, 4.69) is 5.32 Å². The van der Waals surface area contributed by atoms with Gasteiger partial charge in [0.05, 0.1) is 5.60 Å². The molecule has 3 atom stereocenters. The second-order valence-electron chi connectivity index (χ2n) is 5.57. The highest BCUT2D eigenvalue weighted by Crippen LogP contribution is 2.54. The van der Waals surface area contributed by atoms with Gasteiger partial charge in [0.15, 0.2) is 0 Å². The number of thioether (sulfide) groups is 1. The van der Waals surface area contributed by atoms with Gasteiger partial charge in [-0.1, -0.05) is 0 Å². The first-order valence-electron chi connectivity index (χ1n) is 6.01. The Hall–Kier alpha value is -0.220. The normalized spacial score (nSPS) is 35.3. The second kappa shape index (κ2) is 4.57. The molecule has 0 bridgehead atoms. The topological polar surface area (TPSA) is 49.3 Å². The first-order chi connectivity index (χ1) is 7.52. The lowest BCUT2D eigenvalue weighted by atomic mass is 10.0. The van der Waals surface area contributed by atoms with Gasteiger partial charge in [0.1, 0.15) is 0 Å². The van der Waals surface area contributed by atoms with Crippen LogP contribution in [-0.4, -0.2) is 35.2 Å². The lowest BCUT2D eigenvalue weighted by Crippen LogP contribution is -2.44. The summed E-state index contributed by atoms with van der Waals surface area (Å²) in [5.41, 5.74) is -0.781. The van der Waals surface area contributed by atoms with Crippen LogP contribution >= 0.6 is 11.8 Å². The van der Waals surface area contributed by atoms with Gasteiger partial charge in [-0.25, -0.2) is 0 Å². The summed E-state index contributed by atoms with van der Waals surface area (Å²) in [6.07, 6.45) is 5.44. The predicted octanol–water partition coefficient (Wildman–Crippen LogP) is 1.26. The third-order valence-corrected chi connectivity index (χ3v) is 4.62. The lowest BCUT2D eigenvalue weighted by molar-refractivity contribution is -0.126. The van der Waals surface area contributed by atoms with Crippen molar-refractivity contribution in [3.8, 4) is 0 Å². The van der Waals surface area contributed by atoms with Gasteiger partial charge in [-0.3, -0.25) is 4.79 Å². The van der Waals surface area contributed by atoms with Crippen LogP contribution in [-0.2, 0) is 4.79 Å². The third kappa shape index (κ3) is 2.92. The summed E-state index contributed by atoms with van der Waals surface area (Å²) >= 11 is 1.60. The van der Waals surface area contributed by atoms with Crippen LogP contribution in [0.3, 0.4) is 0 Å². The molecule has 1 amide bonds. The molecule has 0 spiro atoms. The average Bonchev–Trinajstić information content (AvgIpc) is 2.82. The van der Waals surface area contributed by atoms with Crippen LogP contribution in [0.1, 0.15) is 26.2 Å². The summed E-state index contributed by atoms with van der Waals surface area (Å²) < 4.78 is 0. The van der Waals surface area contributed by atoms with Gasteiger partial charge in [0.2, 0.25) is 5.91 Å². The maximum Gasteiger partial charge on any atom is 0.223 e. The minimum absolute atomic E-state index is 0.147. The number of amides is 1. The van der Waals surface area contributed by atoms with Crippen LogP contribution in [0.15, 0.2) is 0 Å². The summed E-state index contributed by atoms with van der Waals surface area (Å²) in [5, 5.41) is 12.8. The molecule has 0 aromatic rings. The van der Waals surface area contributed by atoms with Gasteiger partial charge in [-0.2, -0.15) is 11.8 Å². The van der Waals surface area contributed by atoms with Crippen molar-refractivity contribution in [2.75, 3.05) is 18.6 Å². The van der Waals surface area contributed by atoms with E-state index in [9.17, 15) is 9.90 Å². The number of carbonyl (C=O) groups excluding carboxylic acids is 1. The highest BCUT2D eigenvalue weighted by atomic mass is 32.2. The number of carbonyl (C=O) groups is 1. The van der Waals surface area contributed by atoms with Crippen LogP contribution in [0.5, 0.6) is 0 Å². The van der Waals surface area contributed by atoms with Crippen molar-refractivity contribution >= 4 is 17.7 Å². The van der Waals surface area contributed by atoms with E-state index < -0.39 is 5.60 Å². The molecule has 2 N–H and O–H groups in total. The van der Waals surface area contributed by atoms with Crippen LogP contribution < -0.4 is 5.32 Å². The number of nitrogens with one attached hydrogen (secondary N) is 1. The van der Waals surface area contributed by atoms with Gasteiger partial charge in [-0.15, -0.1) is 0 Å². The Kier molecular flexibility index (Phi) is 3.50. The van der Waals surface area contributed by atoms with Crippen LogP contribution in [0.4, 0.5) is 0 Å². The number of aliphatic hydroxyl groups is 1. The Morgan fingerprint density at radius 2 is 2.06 bits per heavy atom. The molecule has 0 aromatic heterocycles. The van der Waals surface area contributed by atoms with E-state index in [0.717, 1.165) is 24.7 Å². The Morgan fingerprint density at radius 1 is 1.44 bits per heavy atom. The largest absolute Gasteiger partial charge is 0.387 e.